The molecule has 11 nitrogen and oxygen atoms in total. The number of β-lactam (4-membered cyclic amide) rings is 1. The summed E-state index contributed by atoms with van der Waals surface area (Å²) in [5, 5.41) is 26.4. The fourth-order valence-electron chi connectivity index (χ4n) is 3.93. The number of alkyl halides is 3. The standard InChI is InChI=1S/C19H19N5O4S3.C2HF3O2/c1-8-22-24-16(31-19(24)30-8)10-7-29-17-12(15(26)23(17)13(10)18(27)28)21-14(25)11(20)9-5-3-2-4-6-9;3-2(4,5)1(6)7/h2-6,11-12,16-17,19H,7,20H2,1H3,(H,21,25)(H,27,28);(H,6,7)/t11?,12?,16?,17-,19?;/m0./s1. The minimum absolute atomic E-state index is 0.00677. The number of nitrogens with two attached hydrogens (primary N) is 1. The summed E-state index contributed by atoms with van der Waals surface area (Å²) >= 11 is 4.72. The molecule has 5 atom stereocenters. The van der Waals surface area contributed by atoms with E-state index in [1.54, 1.807) is 47.8 Å². The molecule has 204 valence electrons. The average Bonchev–Trinajstić information content (AvgIpc) is 3.15. The zero-order chi connectivity index (χ0) is 27.9. The Balaban J connectivity index is 0.000000426. The van der Waals surface area contributed by atoms with E-state index in [1.165, 1.54) is 16.7 Å². The normalized spacial score (nSPS) is 26.6. The van der Waals surface area contributed by atoms with Crippen molar-refractivity contribution in [3.63, 3.8) is 0 Å². The van der Waals surface area contributed by atoms with Gasteiger partial charge in [-0.05, 0) is 12.5 Å². The number of benzene rings is 1. The zero-order valence-electron chi connectivity index (χ0n) is 19.3. The predicted octanol–water partition coefficient (Wildman–Crippen LogP) is 1.80. The lowest BCUT2D eigenvalue weighted by atomic mass is 10.0. The Bertz CT molecular complexity index is 1230. The monoisotopic (exact) mass is 591 g/mol. The van der Waals surface area contributed by atoms with Gasteiger partial charge in [0.15, 0.2) is 0 Å². The summed E-state index contributed by atoms with van der Waals surface area (Å²) < 4.78 is 31.9. The van der Waals surface area contributed by atoms with Crippen LogP contribution in [0.15, 0.2) is 46.7 Å². The number of nitrogens with one attached hydrogen (secondary N) is 1. The highest BCUT2D eigenvalue weighted by atomic mass is 32.2. The van der Waals surface area contributed by atoms with Crippen molar-refractivity contribution in [2.24, 2.45) is 10.8 Å². The topological polar surface area (TPSA) is 166 Å². The van der Waals surface area contributed by atoms with Gasteiger partial charge >= 0.3 is 18.1 Å². The van der Waals surface area contributed by atoms with E-state index in [4.69, 9.17) is 15.6 Å². The lowest BCUT2D eigenvalue weighted by Gasteiger charge is -2.52. The van der Waals surface area contributed by atoms with E-state index in [2.05, 4.69) is 10.4 Å². The molecule has 5 N–H and O–H groups in total. The van der Waals surface area contributed by atoms with Crippen LogP contribution in [0.2, 0.25) is 0 Å². The smallest absolute Gasteiger partial charge is 0.477 e. The Labute approximate surface area is 226 Å². The summed E-state index contributed by atoms with van der Waals surface area (Å²) in [5.41, 5.74) is 7.36. The van der Waals surface area contributed by atoms with Gasteiger partial charge in [0.1, 0.15) is 33.2 Å². The molecule has 4 heterocycles. The first-order valence-corrected chi connectivity index (χ1v) is 13.7. The number of rotatable bonds is 5. The van der Waals surface area contributed by atoms with Crippen molar-refractivity contribution in [1.29, 1.82) is 0 Å². The lowest BCUT2D eigenvalue weighted by molar-refractivity contribution is -0.192. The third-order valence-electron chi connectivity index (χ3n) is 5.71. The summed E-state index contributed by atoms with van der Waals surface area (Å²) in [6.07, 6.45) is -5.08. The molecule has 38 heavy (non-hydrogen) atoms. The van der Waals surface area contributed by atoms with E-state index >= 15 is 0 Å². The van der Waals surface area contributed by atoms with E-state index in [0.29, 0.717) is 16.9 Å². The number of hydrazone groups is 1. The Morgan fingerprint density at radius 1 is 1.21 bits per heavy atom. The minimum Gasteiger partial charge on any atom is -0.477 e. The summed E-state index contributed by atoms with van der Waals surface area (Å²) in [7, 11) is 0. The van der Waals surface area contributed by atoms with Crippen LogP contribution in [0.3, 0.4) is 0 Å². The van der Waals surface area contributed by atoms with Crippen molar-refractivity contribution in [1.82, 2.24) is 15.2 Å². The van der Waals surface area contributed by atoms with Crippen LogP contribution in [0.5, 0.6) is 0 Å². The highest BCUT2D eigenvalue weighted by Crippen LogP contribution is 2.54. The Morgan fingerprint density at radius 3 is 2.39 bits per heavy atom. The Morgan fingerprint density at radius 2 is 1.84 bits per heavy atom. The van der Waals surface area contributed by atoms with Gasteiger partial charge in [-0.25, -0.2) is 9.59 Å². The van der Waals surface area contributed by atoms with Gasteiger partial charge in [-0.2, -0.15) is 18.3 Å². The van der Waals surface area contributed by atoms with Gasteiger partial charge in [0.25, 0.3) is 5.91 Å². The molecule has 2 saturated heterocycles. The number of carbonyl (C=O) groups is 4. The van der Waals surface area contributed by atoms with Gasteiger partial charge < -0.3 is 21.3 Å². The molecule has 4 aliphatic heterocycles. The van der Waals surface area contributed by atoms with E-state index in [1.807, 2.05) is 18.0 Å². The fourth-order valence-corrected chi connectivity index (χ4v) is 8.13. The number of carboxylic acid groups (broad SMARTS) is 2. The zero-order valence-corrected chi connectivity index (χ0v) is 21.7. The summed E-state index contributed by atoms with van der Waals surface area (Å²) in [6.45, 7) is 1.92. The molecule has 2 amide bonds. The third kappa shape index (κ3) is 5.32. The first kappa shape index (κ1) is 28.1. The molecule has 0 saturated carbocycles. The van der Waals surface area contributed by atoms with Crippen LogP contribution in [0.1, 0.15) is 18.5 Å². The second kappa shape index (κ2) is 10.7. The first-order valence-electron chi connectivity index (χ1n) is 10.8. The largest absolute Gasteiger partial charge is 0.490 e. The van der Waals surface area contributed by atoms with Gasteiger partial charge in [-0.1, -0.05) is 53.9 Å². The number of hydrogen-bond donors (Lipinski definition) is 4. The number of amides is 2. The van der Waals surface area contributed by atoms with Crippen molar-refractivity contribution in [3.05, 3.63) is 47.2 Å². The molecule has 4 unspecified atom stereocenters. The second-order valence-electron chi connectivity index (χ2n) is 8.18. The highest BCUT2D eigenvalue weighted by molar-refractivity contribution is 8.26. The van der Waals surface area contributed by atoms with Crippen molar-refractivity contribution >= 4 is 64.1 Å². The number of fused-ring (bicyclic) bond motifs is 2. The molecule has 0 aliphatic carbocycles. The van der Waals surface area contributed by atoms with Crippen molar-refractivity contribution in [2.45, 2.75) is 40.6 Å². The number of halogens is 3. The van der Waals surface area contributed by atoms with Crippen LogP contribution in [0.4, 0.5) is 13.2 Å². The van der Waals surface area contributed by atoms with Crippen molar-refractivity contribution in [3.8, 4) is 0 Å². The number of aliphatic carboxylic acids is 2. The van der Waals surface area contributed by atoms with Gasteiger partial charge in [0.2, 0.25) is 5.91 Å². The highest BCUT2D eigenvalue weighted by Gasteiger charge is 2.57. The average molecular weight is 592 g/mol. The van der Waals surface area contributed by atoms with Gasteiger partial charge in [0.05, 0.1) is 5.04 Å². The number of nitrogens with zero attached hydrogens (tertiary/aromatic N) is 3. The molecule has 0 radical (unpaired) electrons. The van der Waals surface area contributed by atoms with Gasteiger partial charge in [0, 0.05) is 11.3 Å². The van der Waals surface area contributed by atoms with Crippen LogP contribution in [0, 0.1) is 0 Å². The molecule has 4 aliphatic rings. The van der Waals surface area contributed by atoms with Crippen LogP contribution in [0.25, 0.3) is 0 Å². The molecule has 0 bridgehead atoms. The number of carbonyl (C=O) groups excluding carboxylic acids is 2. The molecule has 1 aromatic carbocycles. The van der Waals surface area contributed by atoms with E-state index in [0.717, 1.165) is 5.04 Å². The van der Waals surface area contributed by atoms with Crippen LogP contribution in [-0.4, -0.2) is 82.3 Å². The first-order chi connectivity index (χ1) is 17.8. The quantitative estimate of drug-likeness (QED) is 0.369. The Hall–Kier alpha value is -2.89. The molecule has 0 aromatic heterocycles. The third-order valence-corrected chi connectivity index (χ3v) is 9.68. The lowest BCUT2D eigenvalue weighted by Crippen LogP contribution is -2.71. The van der Waals surface area contributed by atoms with Crippen molar-refractivity contribution < 1.29 is 42.6 Å². The molecule has 17 heteroatoms. The summed E-state index contributed by atoms with van der Waals surface area (Å²) in [4.78, 5) is 47.7. The fraction of sp³-hybridized carbons (Fsp3) is 0.381. The maximum atomic E-state index is 12.9. The van der Waals surface area contributed by atoms with E-state index in [9.17, 15) is 32.7 Å². The number of hydrogen-bond acceptors (Lipinski definition) is 10. The Kier molecular flexibility index (Phi) is 7.92. The van der Waals surface area contributed by atoms with Crippen LogP contribution in [-0.2, 0) is 19.2 Å². The molecule has 2 fully saturated rings. The molecular weight excluding hydrogens is 571 g/mol. The molecule has 5 rings (SSSR count). The van der Waals surface area contributed by atoms with Crippen LogP contribution >= 0.6 is 35.3 Å². The van der Waals surface area contributed by atoms with Gasteiger partial charge in [-0.3, -0.25) is 19.5 Å². The number of carboxylic acids is 2. The molecule has 1 aromatic rings. The minimum atomic E-state index is -5.08. The van der Waals surface area contributed by atoms with Crippen LogP contribution < -0.4 is 11.1 Å². The van der Waals surface area contributed by atoms with E-state index in [-0.39, 0.29) is 15.8 Å². The van der Waals surface area contributed by atoms with E-state index < -0.39 is 47.4 Å². The SMILES string of the molecule is CC1=NN2C(S1)SC2C1=C(C(=O)O)N2C(=O)C(NC(=O)C(N)c3ccccc3)[C@@H]2SC1.O=C(O)C(F)(F)F. The predicted molar refractivity (Wildman–Crippen MR) is 134 cm³/mol. The van der Waals surface area contributed by atoms with Gasteiger partial charge in [-0.15, -0.1) is 11.8 Å². The molecular formula is C21H20F3N5O6S3. The summed E-state index contributed by atoms with van der Waals surface area (Å²) in [6, 6.07) is 7.19. The maximum absolute atomic E-state index is 12.9. The van der Waals surface area contributed by atoms with Crippen molar-refractivity contribution in [2.75, 3.05) is 5.75 Å². The summed E-state index contributed by atoms with van der Waals surface area (Å²) in [5.74, 6) is -4.35. The second-order valence-corrected chi connectivity index (χ2v) is 12.0. The number of thioether (sulfide) groups is 3. The molecule has 0 spiro atoms. The maximum Gasteiger partial charge on any atom is 0.490 e.